The Morgan fingerprint density at radius 3 is 2.53 bits per heavy atom. The van der Waals surface area contributed by atoms with Crippen molar-refractivity contribution in [2.24, 2.45) is 0 Å². The van der Waals surface area contributed by atoms with Crippen LogP contribution in [0.1, 0.15) is 45.1 Å². The van der Waals surface area contributed by atoms with Gasteiger partial charge in [0, 0.05) is 24.7 Å². The third-order valence-electron chi connectivity index (χ3n) is 2.84. The van der Waals surface area contributed by atoms with Crippen LogP contribution in [-0.4, -0.2) is 11.8 Å². The minimum absolute atomic E-state index is 0.0246. The molecule has 1 rings (SSSR count). The first-order valence-corrected chi connectivity index (χ1v) is 6.71. The van der Waals surface area contributed by atoms with Crippen LogP contribution in [0.15, 0.2) is 18.2 Å². The van der Waals surface area contributed by atoms with E-state index in [0.717, 1.165) is 30.5 Å². The van der Waals surface area contributed by atoms with Gasteiger partial charge in [0.05, 0.1) is 0 Å². The van der Waals surface area contributed by atoms with Gasteiger partial charge in [-0.1, -0.05) is 25.8 Å². The SMILES string of the molecule is CCCCCC(=O)Nc1cc(NC(C)=O)ccc1C. The summed E-state index contributed by atoms with van der Waals surface area (Å²) in [6.45, 7) is 5.50. The molecule has 0 saturated heterocycles. The molecule has 0 unspecified atom stereocenters. The van der Waals surface area contributed by atoms with Gasteiger partial charge >= 0.3 is 0 Å². The Kier molecular flexibility index (Phi) is 6.06. The lowest BCUT2D eigenvalue weighted by Gasteiger charge is -2.11. The molecule has 0 saturated carbocycles. The van der Waals surface area contributed by atoms with E-state index in [-0.39, 0.29) is 11.8 Å². The van der Waals surface area contributed by atoms with E-state index < -0.39 is 0 Å². The van der Waals surface area contributed by atoms with Gasteiger partial charge in [-0.15, -0.1) is 0 Å². The van der Waals surface area contributed by atoms with E-state index >= 15 is 0 Å². The van der Waals surface area contributed by atoms with Gasteiger partial charge in [-0.25, -0.2) is 0 Å². The third kappa shape index (κ3) is 5.55. The van der Waals surface area contributed by atoms with Gasteiger partial charge in [-0.3, -0.25) is 9.59 Å². The molecular formula is C15H22N2O2. The topological polar surface area (TPSA) is 58.2 Å². The zero-order chi connectivity index (χ0) is 14.3. The summed E-state index contributed by atoms with van der Waals surface area (Å²) in [6, 6.07) is 5.49. The fourth-order valence-electron chi connectivity index (χ4n) is 1.79. The molecule has 0 radical (unpaired) electrons. The molecular weight excluding hydrogens is 240 g/mol. The number of anilines is 2. The van der Waals surface area contributed by atoms with Crippen LogP contribution in [-0.2, 0) is 9.59 Å². The summed E-state index contributed by atoms with van der Waals surface area (Å²) >= 11 is 0. The number of aryl methyl sites for hydroxylation is 1. The first kappa shape index (κ1) is 15.2. The number of carbonyl (C=O) groups is 2. The Bertz CT molecular complexity index is 455. The lowest BCUT2D eigenvalue weighted by Crippen LogP contribution is -2.13. The normalized spacial score (nSPS) is 10.1. The molecule has 4 heteroatoms. The van der Waals surface area contributed by atoms with Crippen LogP contribution in [0, 0.1) is 6.92 Å². The zero-order valence-corrected chi connectivity index (χ0v) is 11.9. The van der Waals surface area contributed by atoms with E-state index in [1.807, 2.05) is 19.1 Å². The highest BCUT2D eigenvalue weighted by Crippen LogP contribution is 2.20. The molecule has 1 aromatic carbocycles. The second-order valence-electron chi connectivity index (χ2n) is 4.72. The average molecular weight is 262 g/mol. The van der Waals surface area contributed by atoms with Crippen LogP contribution in [0.3, 0.4) is 0 Å². The lowest BCUT2D eigenvalue weighted by atomic mass is 10.1. The van der Waals surface area contributed by atoms with Crippen molar-refractivity contribution in [1.29, 1.82) is 0 Å². The Labute approximate surface area is 114 Å². The second kappa shape index (κ2) is 7.56. The number of nitrogens with one attached hydrogen (secondary N) is 2. The summed E-state index contributed by atoms with van der Waals surface area (Å²) in [7, 11) is 0. The summed E-state index contributed by atoms with van der Waals surface area (Å²) in [5.41, 5.74) is 2.44. The average Bonchev–Trinajstić information content (AvgIpc) is 2.33. The van der Waals surface area contributed by atoms with Crippen LogP contribution in [0.25, 0.3) is 0 Å². The molecule has 4 nitrogen and oxygen atoms in total. The lowest BCUT2D eigenvalue weighted by molar-refractivity contribution is -0.116. The molecule has 0 bridgehead atoms. The van der Waals surface area contributed by atoms with E-state index in [9.17, 15) is 9.59 Å². The number of hydrogen-bond donors (Lipinski definition) is 2. The van der Waals surface area contributed by atoms with Crippen molar-refractivity contribution in [1.82, 2.24) is 0 Å². The van der Waals surface area contributed by atoms with Gasteiger partial charge in [-0.2, -0.15) is 0 Å². The standard InChI is InChI=1S/C15H22N2O2/c1-4-5-6-7-15(19)17-14-10-13(16-12(3)18)9-8-11(14)2/h8-10H,4-7H2,1-3H3,(H,16,18)(H,17,19). The highest BCUT2D eigenvalue weighted by molar-refractivity contribution is 5.94. The van der Waals surface area contributed by atoms with Crippen molar-refractivity contribution in [2.45, 2.75) is 46.5 Å². The van der Waals surface area contributed by atoms with E-state index in [1.165, 1.54) is 6.92 Å². The summed E-state index contributed by atoms with van der Waals surface area (Å²) in [5.74, 6) is -0.0967. The van der Waals surface area contributed by atoms with Crippen LogP contribution in [0.2, 0.25) is 0 Å². The molecule has 19 heavy (non-hydrogen) atoms. The number of rotatable bonds is 6. The van der Waals surface area contributed by atoms with Crippen molar-refractivity contribution < 1.29 is 9.59 Å². The van der Waals surface area contributed by atoms with E-state index in [4.69, 9.17) is 0 Å². The van der Waals surface area contributed by atoms with Crippen molar-refractivity contribution in [3.63, 3.8) is 0 Å². The molecule has 2 N–H and O–H groups in total. The molecule has 0 fully saturated rings. The van der Waals surface area contributed by atoms with Gasteiger partial charge in [0.25, 0.3) is 0 Å². The highest BCUT2D eigenvalue weighted by atomic mass is 16.2. The molecule has 1 aromatic rings. The largest absolute Gasteiger partial charge is 0.326 e. The Hall–Kier alpha value is -1.84. The number of benzene rings is 1. The summed E-state index contributed by atoms with van der Waals surface area (Å²) in [6.07, 6.45) is 3.62. The molecule has 0 aliphatic carbocycles. The van der Waals surface area contributed by atoms with Crippen LogP contribution in [0.4, 0.5) is 11.4 Å². The van der Waals surface area contributed by atoms with Crippen LogP contribution < -0.4 is 10.6 Å². The molecule has 0 aliphatic rings. The van der Waals surface area contributed by atoms with Gasteiger partial charge in [0.2, 0.25) is 11.8 Å². The number of hydrogen-bond acceptors (Lipinski definition) is 2. The maximum Gasteiger partial charge on any atom is 0.224 e. The number of unbranched alkanes of at least 4 members (excludes halogenated alkanes) is 2. The molecule has 0 heterocycles. The minimum Gasteiger partial charge on any atom is -0.326 e. The minimum atomic E-state index is -0.121. The van der Waals surface area contributed by atoms with Crippen molar-refractivity contribution in [2.75, 3.05) is 10.6 Å². The Balaban J connectivity index is 2.65. The predicted octanol–water partition coefficient (Wildman–Crippen LogP) is 3.47. The quantitative estimate of drug-likeness (QED) is 0.771. The maximum absolute atomic E-state index is 11.8. The molecule has 0 aliphatic heterocycles. The molecule has 0 spiro atoms. The van der Waals surface area contributed by atoms with Crippen LogP contribution in [0.5, 0.6) is 0 Å². The smallest absolute Gasteiger partial charge is 0.224 e. The second-order valence-corrected chi connectivity index (χ2v) is 4.72. The first-order chi connectivity index (χ1) is 9.02. The monoisotopic (exact) mass is 262 g/mol. The van der Waals surface area contributed by atoms with Crippen molar-refractivity contribution >= 4 is 23.2 Å². The molecule has 0 atom stereocenters. The first-order valence-electron chi connectivity index (χ1n) is 6.71. The summed E-state index contributed by atoms with van der Waals surface area (Å²) < 4.78 is 0. The van der Waals surface area contributed by atoms with Gasteiger partial charge in [0.15, 0.2) is 0 Å². The summed E-state index contributed by atoms with van der Waals surface area (Å²) in [4.78, 5) is 22.8. The van der Waals surface area contributed by atoms with Crippen molar-refractivity contribution in [3.05, 3.63) is 23.8 Å². The van der Waals surface area contributed by atoms with Gasteiger partial charge < -0.3 is 10.6 Å². The maximum atomic E-state index is 11.8. The van der Waals surface area contributed by atoms with Gasteiger partial charge in [-0.05, 0) is 31.0 Å². The predicted molar refractivity (Wildman–Crippen MR) is 78.3 cm³/mol. The van der Waals surface area contributed by atoms with Gasteiger partial charge in [0.1, 0.15) is 0 Å². The molecule has 2 amide bonds. The van der Waals surface area contributed by atoms with E-state index in [1.54, 1.807) is 6.07 Å². The van der Waals surface area contributed by atoms with Crippen molar-refractivity contribution in [3.8, 4) is 0 Å². The molecule has 0 aromatic heterocycles. The highest BCUT2D eigenvalue weighted by Gasteiger charge is 2.06. The Morgan fingerprint density at radius 2 is 1.89 bits per heavy atom. The van der Waals surface area contributed by atoms with Crippen LogP contribution >= 0.6 is 0 Å². The van der Waals surface area contributed by atoms with E-state index in [2.05, 4.69) is 17.6 Å². The number of amides is 2. The Morgan fingerprint density at radius 1 is 1.16 bits per heavy atom. The van der Waals surface area contributed by atoms with E-state index in [0.29, 0.717) is 12.1 Å². The number of carbonyl (C=O) groups excluding carboxylic acids is 2. The fourth-order valence-corrected chi connectivity index (χ4v) is 1.79. The molecule has 104 valence electrons. The third-order valence-corrected chi connectivity index (χ3v) is 2.84. The fraction of sp³-hybridized carbons (Fsp3) is 0.467. The zero-order valence-electron chi connectivity index (χ0n) is 11.9. The summed E-state index contributed by atoms with van der Waals surface area (Å²) in [5, 5.41) is 5.60.